The maximum atomic E-state index is 14.0. The van der Waals surface area contributed by atoms with E-state index in [1.54, 1.807) is 15.9 Å². The van der Waals surface area contributed by atoms with Crippen LogP contribution in [0, 0.1) is 0 Å². The summed E-state index contributed by atoms with van der Waals surface area (Å²) < 4.78 is 0. The van der Waals surface area contributed by atoms with E-state index in [1.807, 2.05) is 98.8 Å². The number of benzene rings is 4. The second-order valence-electron chi connectivity index (χ2n) is 10.9. The third-order valence-corrected chi connectivity index (χ3v) is 8.36. The Labute approximate surface area is 252 Å². The van der Waals surface area contributed by atoms with Crippen molar-refractivity contribution >= 4 is 45.8 Å². The molecule has 1 heterocycles. The monoisotopic (exact) mass is 581 g/mol. The van der Waals surface area contributed by atoms with Crippen molar-refractivity contribution in [2.75, 3.05) is 11.4 Å². The predicted octanol–water partition coefficient (Wildman–Crippen LogP) is 6.79. The lowest BCUT2D eigenvalue weighted by molar-refractivity contribution is -0.141. The normalized spacial score (nSPS) is 13.7. The summed E-state index contributed by atoms with van der Waals surface area (Å²) in [6, 6.07) is 28.1. The lowest BCUT2D eigenvalue weighted by atomic mass is 10.0. The highest BCUT2D eigenvalue weighted by atomic mass is 35.5. The van der Waals surface area contributed by atoms with Gasteiger partial charge in [0.15, 0.2) is 0 Å². The van der Waals surface area contributed by atoms with Gasteiger partial charge in [0.25, 0.3) is 5.91 Å². The highest BCUT2D eigenvalue weighted by Gasteiger charge is 2.32. The van der Waals surface area contributed by atoms with Crippen molar-refractivity contribution in [2.45, 2.75) is 58.2 Å². The number of halogens is 1. The Morgan fingerprint density at radius 2 is 1.64 bits per heavy atom. The molecular formula is C35H36ClN3O3. The van der Waals surface area contributed by atoms with Crippen LogP contribution in [0.2, 0.25) is 5.02 Å². The number of nitrogens with zero attached hydrogens (tertiary/aromatic N) is 2. The molecule has 3 amide bonds. The minimum absolute atomic E-state index is 0.0291. The zero-order valence-corrected chi connectivity index (χ0v) is 24.8. The first-order chi connectivity index (χ1) is 20.4. The van der Waals surface area contributed by atoms with Gasteiger partial charge in [0.2, 0.25) is 11.8 Å². The number of anilines is 1. The van der Waals surface area contributed by atoms with Crippen molar-refractivity contribution in [1.29, 1.82) is 0 Å². The molecule has 0 saturated carbocycles. The van der Waals surface area contributed by atoms with Gasteiger partial charge in [-0.15, -0.1) is 0 Å². The molecule has 5 rings (SSSR count). The van der Waals surface area contributed by atoms with E-state index in [0.717, 1.165) is 34.0 Å². The van der Waals surface area contributed by atoms with Gasteiger partial charge in [0, 0.05) is 47.9 Å². The summed E-state index contributed by atoms with van der Waals surface area (Å²) in [5.41, 5.74) is 3.31. The van der Waals surface area contributed by atoms with E-state index in [9.17, 15) is 14.4 Å². The van der Waals surface area contributed by atoms with Crippen LogP contribution in [-0.2, 0) is 22.6 Å². The molecule has 2 unspecified atom stereocenters. The van der Waals surface area contributed by atoms with Crippen LogP contribution in [0.3, 0.4) is 0 Å². The smallest absolute Gasteiger partial charge is 0.258 e. The van der Waals surface area contributed by atoms with Crippen LogP contribution in [-0.4, -0.2) is 41.2 Å². The van der Waals surface area contributed by atoms with Crippen LogP contribution < -0.4 is 10.2 Å². The zero-order valence-electron chi connectivity index (χ0n) is 24.1. The molecule has 2 atom stereocenters. The topological polar surface area (TPSA) is 69.7 Å². The highest BCUT2D eigenvalue weighted by Crippen LogP contribution is 2.37. The van der Waals surface area contributed by atoms with Gasteiger partial charge in [-0.3, -0.25) is 14.4 Å². The number of hydrogen-bond acceptors (Lipinski definition) is 3. The quantitative estimate of drug-likeness (QED) is 0.200. The maximum Gasteiger partial charge on any atom is 0.258 e. The van der Waals surface area contributed by atoms with Gasteiger partial charge in [0.05, 0.1) is 5.69 Å². The summed E-state index contributed by atoms with van der Waals surface area (Å²) >= 11 is 6.53. The number of nitrogens with one attached hydrogen (secondary N) is 1. The van der Waals surface area contributed by atoms with Gasteiger partial charge >= 0.3 is 0 Å². The molecule has 42 heavy (non-hydrogen) atoms. The van der Waals surface area contributed by atoms with E-state index in [1.165, 1.54) is 0 Å². The van der Waals surface area contributed by atoms with Crippen LogP contribution in [0.25, 0.3) is 10.8 Å². The van der Waals surface area contributed by atoms with Gasteiger partial charge in [-0.25, -0.2) is 0 Å². The van der Waals surface area contributed by atoms with Gasteiger partial charge in [-0.05, 0) is 54.5 Å². The molecule has 0 saturated heterocycles. The first kappa shape index (κ1) is 29.3. The fourth-order valence-corrected chi connectivity index (χ4v) is 5.73. The summed E-state index contributed by atoms with van der Waals surface area (Å²) in [6.45, 7) is 4.59. The molecule has 1 aliphatic rings. The Balaban J connectivity index is 1.38. The second kappa shape index (κ2) is 13.2. The summed E-state index contributed by atoms with van der Waals surface area (Å²) in [7, 11) is 0. The molecule has 7 heteroatoms. The number of carbonyl (C=O) groups excluding carboxylic acids is 3. The molecule has 0 radical (unpaired) electrons. The van der Waals surface area contributed by atoms with Crippen LogP contribution in [0.1, 0.15) is 54.6 Å². The SMILES string of the molecule is CCC(C)NC(=O)C(Cc1ccccc1)N(Cc1ccccc1Cl)C(=O)CCCN1C(=O)c2cccc3cccc1c23. The Morgan fingerprint density at radius 1 is 0.929 bits per heavy atom. The van der Waals surface area contributed by atoms with Crippen molar-refractivity contribution in [3.63, 3.8) is 0 Å². The van der Waals surface area contributed by atoms with Crippen LogP contribution in [0.4, 0.5) is 5.69 Å². The van der Waals surface area contributed by atoms with E-state index in [0.29, 0.717) is 30.0 Å². The molecule has 4 aromatic carbocycles. The average Bonchev–Trinajstić information content (AvgIpc) is 3.28. The molecule has 1 N–H and O–H groups in total. The molecule has 6 nitrogen and oxygen atoms in total. The molecule has 4 aromatic rings. The Hall–Kier alpha value is -4.16. The third-order valence-electron chi connectivity index (χ3n) is 7.99. The lowest BCUT2D eigenvalue weighted by Gasteiger charge is -2.33. The molecule has 1 aliphatic heterocycles. The molecule has 0 aromatic heterocycles. The Morgan fingerprint density at radius 3 is 2.38 bits per heavy atom. The number of rotatable bonds is 12. The third kappa shape index (κ3) is 6.34. The molecule has 0 spiro atoms. The van der Waals surface area contributed by atoms with Crippen molar-refractivity contribution in [3.8, 4) is 0 Å². The largest absolute Gasteiger partial charge is 0.352 e. The van der Waals surface area contributed by atoms with Crippen molar-refractivity contribution in [2.24, 2.45) is 0 Å². The molecule has 216 valence electrons. The Kier molecular flexibility index (Phi) is 9.23. The number of amides is 3. The summed E-state index contributed by atoms with van der Waals surface area (Å²) in [6.07, 6.45) is 1.80. The average molecular weight is 582 g/mol. The Bertz CT molecular complexity index is 1580. The number of hydrogen-bond donors (Lipinski definition) is 1. The zero-order chi connectivity index (χ0) is 29.6. The lowest BCUT2D eigenvalue weighted by Crippen LogP contribution is -2.52. The minimum atomic E-state index is -0.725. The standard InChI is InChI=1S/C35H36ClN3O3/c1-3-24(2)37-34(41)31(22-25-12-5-4-6-13-25)39(23-27-14-7-8-18-29(27)36)32(40)20-11-21-38-30-19-10-16-26-15-9-17-28(33(26)30)35(38)42/h4-10,12-19,24,31H,3,11,20-23H2,1-2H3,(H,37,41). The molecule has 0 bridgehead atoms. The summed E-state index contributed by atoms with van der Waals surface area (Å²) in [4.78, 5) is 44.4. The fourth-order valence-electron chi connectivity index (χ4n) is 5.54. The van der Waals surface area contributed by atoms with Gasteiger partial charge in [-0.1, -0.05) is 91.3 Å². The van der Waals surface area contributed by atoms with Crippen molar-refractivity contribution < 1.29 is 14.4 Å². The number of carbonyl (C=O) groups is 3. The summed E-state index contributed by atoms with van der Waals surface area (Å²) in [5.74, 6) is -0.389. The molecule has 0 aliphatic carbocycles. The van der Waals surface area contributed by atoms with E-state index >= 15 is 0 Å². The van der Waals surface area contributed by atoms with E-state index < -0.39 is 6.04 Å². The van der Waals surface area contributed by atoms with Gasteiger partial charge in [-0.2, -0.15) is 0 Å². The van der Waals surface area contributed by atoms with E-state index in [4.69, 9.17) is 11.6 Å². The van der Waals surface area contributed by atoms with Crippen molar-refractivity contribution in [3.05, 3.63) is 113 Å². The van der Waals surface area contributed by atoms with Gasteiger partial charge in [0.1, 0.15) is 6.04 Å². The van der Waals surface area contributed by atoms with Crippen LogP contribution >= 0.6 is 11.6 Å². The molecule has 0 fully saturated rings. The summed E-state index contributed by atoms with van der Waals surface area (Å²) in [5, 5.41) is 5.63. The fraction of sp³-hybridized carbons (Fsp3) is 0.286. The van der Waals surface area contributed by atoms with Crippen LogP contribution in [0.15, 0.2) is 91.0 Å². The predicted molar refractivity (Wildman–Crippen MR) is 169 cm³/mol. The second-order valence-corrected chi connectivity index (χ2v) is 11.3. The maximum absolute atomic E-state index is 14.0. The highest BCUT2D eigenvalue weighted by molar-refractivity contribution is 6.31. The van der Waals surface area contributed by atoms with Gasteiger partial charge < -0.3 is 15.1 Å². The van der Waals surface area contributed by atoms with Crippen molar-refractivity contribution in [1.82, 2.24) is 10.2 Å². The van der Waals surface area contributed by atoms with Crippen LogP contribution in [0.5, 0.6) is 0 Å². The first-order valence-electron chi connectivity index (χ1n) is 14.6. The van der Waals surface area contributed by atoms with E-state index in [-0.39, 0.29) is 36.7 Å². The van der Waals surface area contributed by atoms with E-state index in [2.05, 4.69) is 5.32 Å². The minimum Gasteiger partial charge on any atom is -0.352 e. The molecular weight excluding hydrogens is 546 g/mol. The first-order valence-corrected chi connectivity index (χ1v) is 15.0.